The molecule has 154 valence electrons. The van der Waals surface area contributed by atoms with Crippen molar-refractivity contribution in [3.8, 4) is 0 Å². The maximum Gasteiger partial charge on any atom is 0.287 e. The largest absolute Gasteiger partial charge is 0.459 e. The maximum atomic E-state index is 11.8. The van der Waals surface area contributed by atoms with Gasteiger partial charge in [0.05, 0.1) is 12.8 Å². The summed E-state index contributed by atoms with van der Waals surface area (Å²) in [5.41, 5.74) is 0. The second-order valence-corrected chi connectivity index (χ2v) is 6.51. The second-order valence-electron chi connectivity index (χ2n) is 6.51. The van der Waals surface area contributed by atoms with E-state index in [1.807, 2.05) is 6.92 Å². The van der Waals surface area contributed by atoms with Gasteiger partial charge in [0.2, 0.25) is 0 Å². The van der Waals surface area contributed by atoms with Gasteiger partial charge >= 0.3 is 0 Å². The molecule has 7 nitrogen and oxygen atoms in total. The SMILES string of the molecule is CCNC(=NCCN1CCCCC1CC)NCCNC(=O)c1ccco1.I. The molecule has 1 aromatic heterocycles. The highest BCUT2D eigenvalue weighted by Crippen LogP contribution is 2.18. The minimum Gasteiger partial charge on any atom is -0.459 e. The van der Waals surface area contributed by atoms with Crippen LogP contribution in [-0.2, 0) is 0 Å². The molecule has 0 saturated carbocycles. The van der Waals surface area contributed by atoms with Gasteiger partial charge in [-0.2, -0.15) is 0 Å². The third kappa shape index (κ3) is 8.50. The minimum absolute atomic E-state index is 0. The third-order valence-corrected chi connectivity index (χ3v) is 4.67. The Hall–Kier alpha value is -1.29. The van der Waals surface area contributed by atoms with Crippen molar-refractivity contribution < 1.29 is 9.21 Å². The molecule has 0 aromatic carbocycles. The van der Waals surface area contributed by atoms with Gasteiger partial charge in [-0.3, -0.25) is 14.7 Å². The van der Waals surface area contributed by atoms with Crippen molar-refractivity contribution in [2.45, 2.75) is 45.6 Å². The highest BCUT2D eigenvalue weighted by Gasteiger charge is 2.19. The number of carbonyl (C=O) groups is 1. The fourth-order valence-corrected chi connectivity index (χ4v) is 3.30. The van der Waals surface area contributed by atoms with E-state index in [2.05, 4.69) is 32.8 Å². The highest BCUT2D eigenvalue weighted by molar-refractivity contribution is 14.0. The minimum atomic E-state index is -0.200. The van der Waals surface area contributed by atoms with E-state index in [-0.39, 0.29) is 29.9 Å². The van der Waals surface area contributed by atoms with Gasteiger partial charge in [0, 0.05) is 32.2 Å². The van der Waals surface area contributed by atoms with Crippen molar-refractivity contribution in [2.75, 3.05) is 39.3 Å². The summed E-state index contributed by atoms with van der Waals surface area (Å²) < 4.78 is 5.07. The molecule has 1 saturated heterocycles. The molecule has 2 heterocycles. The van der Waals surface area contributed by atoms with Crippen LogP contribution in [0.25, 0.3) is 0 Å². The van der Waals surface area contributed by atoms with Crippen molar-refractivity contribution in [1.82, 2.24) is 20.9 Å². The van der Waals surface area contributed by atoms with Crippen molar-refractivity contribution >= 4 is 35.8 Å². The highest BCUT2D eigenvalue weighted by atomic mass is 127. The van der Waals surface area contributed by atoms with Crippen molar-refractivity contribution in [3.05, 3.63) is 24.2 Å². The summed E-state index contributed by atoms with van der Waals surface area (Å²) in [6, 6.07) is 4.07. The summed E-state index contributed by atoms with van der Waals surface area (Å²) >= 11 is 0. The van der Waals surface area contributed by atoms with Crippen LogP contribution < -0.4 is 16.0 Å². The number of nitrogens with one attached hydrogen (secondary N) is 3. The van der Waals surface area contributed by atoms with Gasteiger partial charge in [0.15, 0.2) is 11.7 Å². The van der Waals surface area contributed by atoms with Crippen LogP contribution in [-0.4, -0.2) is 62.1 Å². The number of rotatable bonds is 9. The first kappa shape index (κ1) is 23.7. The standard InChI is InChI=1S/C19H33N5O2.HI/c1-3-16-8-5-6-13-24(16)14-12-23-19(20-4-2)22-11-10-21-18(25)17-9-7-15-26-17;/h7,9,15-16H,3-6,8,10-14H2,1-2H3,(H,21,25)(H2,20,22,23);1H. The van der Waals surface area contributed by atoms with Crippen LogP contribution in [0.2, 0.25) is 0 Å². The van der Waals surface area contributed by atoms with E-state index in [9.17, 15) is 4.79 Å². The first-order valence-corrected chi connectivity index (χ1v) is 9.82. The Morgan fingerprint density at radius 3 is 2.78 bits per heavy atom. The van der Waals surface area contributed by atoms with Crippen LogP contribution in [0.15, 0.2) is 27.8 Å². The van der Waals surface area contributed by atoms with Crippen molar-refractivity contribution in [1.29, 1.82) is 0 Å². The normalized spacial score (nSPS) is 17.9. The Labute approximate surface area is 179 Å². The molecule has 1 atom stereocenters. The average molecular weight is 491 g/mol. The van der Waals surface area contributed by atoms with E-state index in [1.165, 1.54) is 38.5 Å². The Kier molecular flexibility index (Phi) is 12.2. The molecule has 1 aromatic rings. The van der Waals surface area contributed by atoms with Crippen LogP contribution in [0.5, 0.6) is 0 Å². The zero-order valence-electron chi connectivity index (χ0n) is 16.5. The molecule has 0 radical (unpaired) electrons. The number of hydrogen-bond donors (Lipinski definition) is 3. The van der Waals surface area contributed by atoms with E-state index < -0.39 is 0 Å². The van der Waals surface area contributed by atoms with Crippen LogP contribution in [0.3, 0.4) is 0 Å². The summed E-state index contributed by atoms with van der Waals surface area (Å²) in [4.78, 5) is 19.0. The fraction of sp³-hybridized carbons (Fsp3) is 0.684. The number of piperidine rings is 1. The van der Waals surface area contributed by atoms with Gasteiger partial charge in [-0.25, -0.2) is 0 Å². The number of guanidine groups is 1. The molecule has 1 fully saturated rings. The number of halogens is 1. The van der Waals surface area contributed by atoms with Gasteiger partial charge in [-0.15, -0.1) is 24.0 Å². The van der Waals surface area contributed by atoms with E-state index in [0.29, 0.717) is 24.9 Å². The van der Waals surface area contributed by atoms with Gasteiger partial charge in [-0.1, -0.05) is 13.3 Å². The molecule has 8 heteroatoms. The predicted molar refractivity (Wildman–Crippen MR) is 120 cm³/mol. The van der Waals surface area contributed by atoms with Crippen LogP contribution >= 0.6 is 24.0 Å². The maximum absolute atomic E-state index is 11.8. The molecule has 0 aliphatic carbocycles. The number of likely N-dealkylation sites (tertiary alicyclic amines) is 1. The molecule has 27 heavy (non-hydrogen) atoms. The first-order chi connectivity index (χ1) is 12.7. The number of aliphatic imine (C=N–C) groups is 1. The number of amides is 1. The average Bonchev–Trinajstić information content (AvgIpc) is 3.20. The first-order valence-electron chi connectivity index (χ1n) is 9.82. The van der Waals surface area contributed by atoms with Crippen LogP contribution in [0.1, 0.15) is 50.1 Å². The summed E-state index contributed by atoms with van der Waals surface area (Å²) in [7, 11) is 0. The van der Waals surface area contributed by atoms with Gasteiger partial charge in [0.25, 0.3) is 5.91 Å². The van der Waals surface area contributed by atoms with Crippen molar-refractivity contribution in [2.24, 2.45) is 4.99 Å². The van der Waals surface area contributed by atoms with E-state index in [0.717, 1.165) is 25.6 Å². The Morgan fingerprint density at radius 1 is 1.26 bits per heavy atom. The Balaban J connectivity index is 0.00000364. The molecule has 2 rings (SSSR count). The lowest BCUT2D eigenvalue weighted by atomic mass is 10.0. The molecule has 1 amide bonds. The molecule has 0 bridgehead atoms. The molecule has 3 N–H and O–H groups in total. The lowest BCUT2D eigenvalue weighted by molar-refractivity contribution is 0.0926. The monoisotopic (exact) mass is 491 g/mol. The summed E-state index contributed by atoms with van der Waals surface area (Å²) in [6.45, 7) is 9.23. The van der Waals surface area contributed by atoms with E-state index >= 15 is 0 Å². The molecular formula is C19H34IN5O2. The molecule has 1 aliphatic rings. The number of hydrogen-bond acceptors (Lipinski definition) is 4. The van der Waals surface area contributed by atoms with Gasteiger partial charge in [-0.05, 0) is 44.9 Å². The summed E-state index contributed by atoms with van der Waals surface area (Å²) in [5.74, 6) is 0.928. The van der Waals surface area contributed by atoms with Gasteiger partial charge in [0.1, 0.15) is 0 Å². The Morgan fingerprint density at radius 2 is 2.07 bits per heavy atom. The second kappa shape index (κ2) is 13.8. The third-order valence-electron chi connectivity index (χ3n) is 4.67. The molecule has 0 spiro atoms. The lowest BCUT2D eigenvalue weighted by Gasteiger charge is -2.34. The molecule has 1 unspecified atom stereocenters. The van der Waals surface area contributed by atoms with E-state index in [1.54, 1.807) is 12.1 Å². The Bertz CT molecular complexity index is 550. The summed E-state index contributed by atoms with van der Waals surface area (Å²) in [6.07, 6.45) is 6.68. The smallest absolute Gasteiger partial charge is 0.287 e. The fourth-order valence-electron chi connectivity index (χ4n) is 3.30. The lowest BCUT2D eigenvalue weighted by Crippen LogP contribution is -2.43. The molecular weight excluding hydrogens is 457 g/mol. The van der Waals surface area contributed by atoms with E-state index in [4.69, 9.17) is 4.42 Å². The quantitative estimate of drug-likeness (QED) is 0.214. The van der Waals surface area contributed by atoms with Crippen molar-refractivity contribution in [3.63, 3.8) is 0 Å². The zero-order valence-corrected chi connectivity index (χ0v) is 18.8. The number of furan rings is 1. The topological polar surface area (TPSA) is 81.9 Å². The summed E-state index contributed by atoms with van der Waals surface area (Å²) in [5, 5.41) is 9.33. The number of nitrogens with zero attached hydrogens (tertiary/aromatic N) is 2. The predicted octanol–water partition coefficient (Wildman–Crippen LogP) is 2.45. The van der Waals surface area contributed by atoms with Crippen LogP contribution in [0.4, 0.5) is 0 Å². The van der Waals surface area contributed by atoms with Crippen LogP contribution in [0, 0.1) is 0 Å². The zero-order chi connectivity index (χ0) is 18.6. The number of carbonyl (C=O) groups excluding carboxylic acids is 1. The molecule has 1 aliphatic heterocycles. The van der Waals surface area contributed by atoms with Gasteiger partial charge < -0.3 is 20.4 Å².